The summed E-state index contributed by atoms with van der Waals surface area (Å²) < 4.78 is 31.2. The molecule has 0 fully saturated rings. The highest BCUT2D eigenvalue weighted by molar-refractivity contribution is 7.89. The van der Waals surface area contributed by atoms with Crippen molar-refractivity contribution < 1.29 is 23.1 Å². The fourth-order valence-corrected chi connectivity index (χ4v) is 3.97. The number of hydrogen-bond acceptors (Lipinski definition) is 4. The summed E-state index contributed by atoms with van der Waals surface area (Å²) in [4.78, 5) is 11.7. The Hall–Kier alpha value is -2.09. The van der Waals surface area contributed by atoms with E-state index in [0.29, 0.717) is 16.3 Å². The van der Waals surface area contributed by atoms with Crippen LogP contribution in [0.25, 0.3) is 0 Å². The highest BCUT2D eigenvalue weighted by Crippen LogP contribution is 2.26. The third-order valence-electron chi connectivity index (χ3n) is 3.79. The van der Waals surface area contributed by atoms with E-state index in [0.717, 1.165) is 4.31 Å². The second-order valence-corrected chi connectivity index (χ2v) is 7.77. The molecule has 0 saturated carbocycles. The highest BCUT2D eigenvalue weighted by atomic mass is 35.5. The van der Waals surface area contributed by atoms with Gasteiger partial charge in [-0.3, -0.25) is 4.79 Å². The molecule has 0 aliphatic carbocycles. The molecule has 0 saturated heterocycles. The van der Waals surface area contributed by atoms with Gasteiger partial charge in [0.25, 0.3) is 0 Å². The number of sulfonamides is 1. The minimum atomic E-state index is -3.93. The predicted octanol–water partition coefficient (Wildman–Crippen LogP) is 2.67. The number of hydrogen-bond donors (Lipinski definition) is 1. The number of benzene rings is 2. The van der Waals surface area contributed by atoms with Crippen LogP contribution in [0.5, 0.6) is 5.75 Å². The van der Waals surface area contributed by atoms with Crippen molar-refractivity contribution in [2.45, 2.75) is 17.4 Å². The van der Waals surface area contributed by atoms with Crippen molar-refractivity contribution in [3.8, 4) is 5.75 Å². The van der Waals surface area contributed by atoms with Gasteiger partial charge in [-0.05, 0) is 36.2 Å². The number of carboxylic acids is 1. The standard InChI is InChI=1S/C17H18ClNO5S/c1-19(25(22,23)13-6-4-3-5-7-13)15(17(20)21)11-12-8-9-16(24-2)14(18)10-12/h3-10,15H,11H2,1-2H3,(H,20,21)/t15-/m1/s1. The normalized spacial score (nSPS) is 12.8. The zero-order valence-electron chi connectivity index (χ0n) is 13.7. The van der Waals surface area contributed by atoms with E-state index in [4.69, 9.17) is 16.3 Å². The van der Waals surface area contributed by atoms with Crippen molar-refractivity contribution in [1.82, 2.24) is 4.31 Å². The first-order valence-corrected chi connectivity index (χ1v) is 9.17. The Balaban J connectivity index is 2.32. The Morgan fingerprint density at radius 2 is 1.88 bits per heavy atom. The SMILES string of the molecule is COc1ccc(C[C@H](C(=O)O)N(C)S(=O)(=O)c2ccccc2)cc1Cl. The number of carbonyl (C=O) groups is 1. The lowest BCUT2D eigenvalue weighted by Gasteiger charge is -2.24. The second-order valence-electron chi connectivity index (χ2n) is 5.36. The van der Waals surface area contributed by atoms with Gasteiger partial charge in [-0.15, -0.1) is 0 Å². The van der Waals surface area contributed by atoms with E-state index < -0.39 is 22.0 Å². The van der Waals surface area contributed by atoms with Crippen LogP contribution in [0, 0.1) is 0 Å². The third kappa shape index (κ3) is 4.31. The van der Waals surface area contributed by atoms with Gasteiger partial charge < -0.3 is 9.84 Å². The monoisotopic (exact) mass is 383 g/mol. The lowest BCUT2D eigenvalue weighted by molar-refractivity contribution is -0.141. The zero-order chi connectivity index (χ0) is 18.6. The Morgan fingerprint density at radius 3 is 2.40 bits per heavy atom. The quantitative estimate of drug-likeness (QED) is 0.794. The van der Waals surface area contributed by atoms with Crippen molar-refractivity contribution >= 4 is 27.6 Å². The molecular formula is C17H18ClNO5S. The smallest absolute Gasteiger partial charge is 0.322 e. The summed E-state index contributed by atoms with van der Waals surface area (Å²) in [5.74, 6) is -0.781. The van der Waals surface area contributed by atoms with Crippen LogP contribution in [0.2, 0.25) is 5.02 Å². The van der Waals surface area contributed by atoms with Crippen molar-refractivity contribution in [3.63, 3.8) is 0 Å². The number of nitrogens with zero attached hydrogens (tertiary/aromatic N) is 1. The van der Waals surface area contributed by atoms with E-state index in [1.807, 2.05) is 0 Å². The van der Waals surface area contributed by atoms with Gasteiger partial charge >= 0.3 is 5.97 Å². The van der Waals surface area contributed by atoms with Gasteiger partial charge in [0, 0.05) is 7.05 Å². The van der Waals surface area contributed by atoms with Crippen molar-refractivity contribution in [2.24, 2.45) is 0 Å². The first-order chi connectivity index (χ1) is 11.8. The van der Waals surface area contributed by atoms with E-state index in [-0.39, 0.29) is 11.3 Å². The van der Waals surface area contributed by atoms with Crippen molar-refractivity contribution in [3.05, 3.63) is 59.1 Å². The first kappa shape index (κ1) is 19.2. The van der Waals surface area contributed by atoms with Crippen LogP contribution in [-0.2, 0) is 21.2 Å². The molecule has 0 bridgehead atoms. The van der Waals surface area contributed by atoms with E-state index in [2.05, 4.69) is 0 Å². The number of likely N-dealkylation sites (N-methyl/N-ethyl adjacent to an activating group) is 1. The number of rotatable bonds is 7. The summed E-state index contributed by atoms with van der Waals surface area (Å²) in [6, 6.07) is 11.3. The Labute approximate surface area is 151 Å². The van der Waals surface area contributed by atoms with Crippen LogP contribution in [0.3, 0.4) is 0 Å². The van der Waals surface area contributed by atoms with E-state index in [9.17, 15) is 18.3 Å². The maximum Gasteiger partial charge on any atom is 0.322 e. The molecule has 0 aliphatic rings. The van der Waals surface area contributed by atoms with Crippen LogP contribution in [-0.4, -0.2) is 44.0 Å². The fourth-order valence-electron chi connectivity index (χ4n) is 2.36. The average molecular weight is 384 g/mol. The molecule has 0 heterocycles. The van der Waals surface area contributed by atoms with Crippen LogP contribution in [0.1, 0.15) is 5.56 Å². The third-order valence-corrected chi connectivity index (χ3v) is 5.97. The molecule has 0 aromatic heterocycles. The summed E-state index contributed by atoms with van der Waals surface area (Å²) in [6.45, 7) is 0. The van der Waals surface area contributed by atoms with Crippen molar-refractivity contribution in [2.75, 3.05) is 14.2 Å². The van der Waals surface area contributed by atoms with Gasteiger partial charge in [-0.25, -0.2) is 8.42 Å². The molecule has 1 N–H and O–H groups in total. The molecule has 0 aliphatic heterocycles. The average Bonchev–Trinajstić information content (AvgIpc) is 2.59. The lowest BCUT2D eigenvalue weighted by Crippen LogP contribution is -2.43. The van der Waals surface area contributed by atoms with Crippen LogP contribution in [0.4, 0.5) is 0 Å². The van der Waals surface area contributed by atoms with Crippen LogP contribution in [0.15, 0.2) is 53.4 Å². The number of halogens is 1. The summed E-state index contributed by atoms with van der Waals surface area (Å²) in [5, 5.41) is 9.85. The molecule has 1 atom stereocenters. The topological polar surface area (TPSA) is 83.9 Å². The second kappa shape index (κ2) is 7.86. The molecule has 0 amide bonds. The number of carboxylic acid groups (broad SMARTS) is 1. The Morgan fingerprint density at radius 1 is 1.24 bits per heavy atom. The van der Waals surface area contributed by atoms with Gasteiger partial charge in [0.1, 0.15) is 11.8 Å². The summed E-state index contributed by atoms with van der Waals surface area (Å²) in [5.41, 5.74) is 0.591. The molecule has 2 aromatic carbocycles. The zero-order valence-corrected chi connectivity index (χ0v) is 15.3. The maximum atomic E-state index is 12.7. The van der Waals surface area contributed by atoms with Crippen LogP contribution >= 0.6 is 11.6 Å². The van der Waals surface area contributed by atoms with Crippen molar-refractivity contribution in [1.29, 1.82) is 0 Å². The summed E-state index contributed by atoms with van der Waals surface area (Å²) >= 11 is 6.05. The van der Waals surface area contributed by atoms with Gasteiger partial charge in [-0.1, -0.05) is 35.9 Å². The summed E-state index contributed by atoms with van der Waals surface area (Å²) in [6.07, 6.45) is -0.0262. The molecule has 0 unspecified atom stereocenters. The number of ether oxygens (including phenoxy) is 1. The number of methoxy groups -OCH3 is 1. The molecule has 25 heavy (non-hydrogen) atoms. The fraction of sp³-hybridized carbons (Fsp3) is 0.235. The Kier molecular flexibility index (Phi) is 6.05. The predicted molar refractivity (Wildman–Crippen MR) is 94.5 cm³/mol. The minimum absolute atomic E-state index is 0.0262. The first-order valence-electron chi connectivity index (χ1n) is 7.35. The molecule has 6 nitrogen and oxygen atoms in total. The molecular weight excluding hydrogens is 366 g/mol. The molecule has 0 spiro atoms. The van der Waals surface area contributed by atoms with Crippen LogP contribution < -0.4 is 4.74 Å². The van der Waals surface area contributed by atoms with Gasteiger partial charge in [0.05, 0.1) is 17.0 Å². The highest BCUT2D eigenvalue weighted by Gasteiger charge is 2.33. The molecule has 134 valence electrons. The molecule has 2 aromatic rings. The minimum Gasteiger partial charge on any atom is -0.495 e. The Bertz CT molecular complexity index is 855. The molecule has 0 radical (unpaired) electrons. The number of aliphatic carboxylic acids is 1. The van der Waals surface area contributed by atoms with E-state index in [1.54, 1.807) is 36.4 Å². The summed E-state index contributed by atoms with van der Waals surface area (Å²) in [7, 11) is -1.20. The van der Waals surface area contributed by atoms with E-state index in [1.165, 1.54) is 26.3 Å². The van der Waals surface area contributed by atoms with Gasteiger partial charge in [0.15, 0.2) is 0 Å². The van der Waals surface area contributed by atoms with E-state index >= 15 is 0 Å². The maximum absolute atomic E-state index is 12.7. The van der Waals surface area contributed by atoms with Gasteiger partial charge in [0.2, 0.25) is 10.0 Å². The lowest BCUT2D eigenvalue weighted by atomic mass is 10.1. The molecule has 8 heteroatoms. The largest absolute Gasteiger partial charge is 0.495 e. The molecule has 2 rings (SSSR count). The van der Waals surface area contributed by atoms with Gasteiger partial charge in [-0.2, -0.15) is 4.31 Å².